The van der Waals surface area contributed by atoms with E-state index in [0.29, 0.717) is 19.6 Å². The van der Waals surface area contributed by atoms with E-state index in [9.17, 15) is 14.0 Å². The Morgan fingerprint density at radius 1 is 1.33 bits per heavy atom. The van der Waals surface area contributed by atoms with Crippen LogP contribution in [0.25, 0.3) is 0 Å². The molecule has 2 atom stereocenters. The minimum atomic E-state index is -0.327. The van der Waals surface area contributed by atoms with Crippen LogP contribution in [0.2, 0.25) is 0 Å². The molecule has 24 heavy (non-hydrogen) atoms. The molecular weight excluding hydrogens is 307 g/mol. The predicted molar refractivity (Wildman–Crippen MR) is 92.0 cm³/mol. The minimum Gasteiger partial charge on any atom is -0.356 e. The second-order valence-electron chi connectivity index (χ2n) is 6.81. The Hall–Kier alpha value is -1.91. The van der Waals surface area contributed by atoms with Gasteiger partial charge in [0.15, 0.2) is 0 Å². The number of amides is 2. The number of carbonyl (C=O) groups excluding carboxylic acids is 2. The minimum absolute atomic E-state index is 0.0419. The Morgan fingerprint density at radius 3 is 2.71 bits per heavy atom. The lowest BCUT2D eigenvalue weighted by atomic mass is 9.88. The maximum Gasteiger partial charge on any atom is 0.225 e. The van der Waals surface area contributed by atoms with Crippen LogP contribution < -0.4 is 5.32 Å². The lowest BCUT2D eigenvalue weighted by Gasteiger charge is -2.18. The number of rotatable bonds is 6. The van der Waals surface area contributed by atoms with E-state index in [1.165, 1.54) is 12.1 Å². The number of hydrogen-bond donors (Lipinski definition) is 1. The number of hydrogen-bond acceptors (Lipinski definition) is 2. The summed E-state index contributed by atoms with van der Waals surface area (Å²) in [6, 6.07) is 6.36. The van der Waals surface area contributed by atoms with Crippen LogP contribution in [0.15, 0.2) is 24.3 Å². The van der Waals surface area contributed by atoms with E-state index in [1.807, 2.05) is 19.9 Å². The lowest BCUT2D eigenvalue weighted by molar-refractivity contribution is -0.133. The van der Waals surface area contributed by atoms with Crippen molar-refractivity contribution in [3.05, 3.63) is 35.6 Å². The zero-order chi connectivity index (χ0) is 17.7. The van der Waals surface area contributed by atoms with Gasteiger partial charge in [0.1, 0.15) is 5.82 Å². The van der Waals surface area contributed by atoms with Crippen LogP contribution in [-0.2, 0) is 9.59 Å². The second-order valence-corrected chi connectivity index (χ2v) is 6.81. The summed E-state index contributed by atoms with van der Waals surface area (Å²) in [6.45, 7) is 7.28. The molecule has 1 aromatic carbocycles. The van der Waals surface area contributed by atoms with Gasteiger partial charge in [0, 0.05) is 31.5 Å². The van der Waals surface area contributed by atoms with Gasteiger partial charge in [-0.1, -0.05) is 39.3 Å². The van der Waals surface area contributed by atoms with Gasteiger partial charge in [-0.15, -0.1) is 0 Å². The van der Waals surface area contributed by atoms with Gasteiger partial charge in [0.25, 0.3) is 0 Å². The zero-order valence-electron chi connectivity index (χ0n) is 14.7. The van der Waals surface area contributed by atoms with Gasteiger partial charge in [-0.3, -0.25) is 9.59 Å². The quantitative estimate of drug-likeness (QED) is 0.813. The smallest absolute Gasteiger partial charge is 0.225 e. The van der Waals surface area contributed by atoms with Crippen LogP contribution in [0.1, 0.15) is 45.1 Å². The third-order valence-corrected chi connectivity index (χ3v) is 4.57. The highest BCUT2D eigenvalue weighted by Crippen LogP contribution is 2.34. The van der Waals surface area contributed by atoms with E-state index in [0.717, 1.165) is 18.4 Å². The number of benzene rings is 1. The van der Waals surface area contributed by atoms with Crippen molar-refractivity contribution in [2.75, 3.05) is 19.6 Å². The van der Waals surface area contributed by atoms with Gasteiger partial charge in [-0.05, 0) is 24.1 Å². The number of nitrogens with zero attached hydrogens (tertiary/aromatic N) is 1. The van der Waals surface area contributed by atoms with Gasteiger partial charge in [-0.25, -0.2) is 4.39 Å². The van der Waals surface area contributed by atoms with Crippen LogP contribution in [-0.4, -0.2) is 36.3 Å². The first-order valence-electron chi connectivity index (χ1n) is 8.76. The first kappa shape index (κ1) is 18.4. The van der Waals surface area contributed by atoms with Crippen molar-refractivity contribution in [2.24, 2.45) is 11.8 Å². The molecule has 1 fully saturated rings. The molecule has 5 heteroatoms. The van der Waals surface area contributed by atoms with E-state index in [-0.39, 0.29) is 35.4 Å². The van der Waals surface area contributed by atoms with E-state index in [4.69, 9.17) is 0 Å². The van der Waals surface area contributed by atoms with Crippen molar-refractivity contribution in [2.45, 2.75) is 39.5 Å². The zero-order valence-corrected chi connectivity index (χ0v) is 14.7. The molecule has 1 heterocycles. The monoisotopic (exact) mass is 334 g/mol. The Labute approximate surface area is 143 Å². The third-order valence-electron chi connectivity index (χ3n) is 4.57. The molecule has 0 bridgehead atoms. The Balaban J connectivity index is 2.19. The molecule has 1 aromatic rings. The molecule has 2 amide bonds. The number of nitrogens with one attached hydrogen (secondary N) is 1. The fourth-order valence-electron chi connectivity index (χ4n) is 3.21. The van der Waals surface area contributed by atoms with Crippen molar-refractivity contribution in [3.63, 3.8) is 0 Å². The van der Waals surface area contributed by atoms with Gasteiger partial charge in [-0.2, -0.15) is 0 Å². The Kier molecular flexibility index (Phi) is 6.35. The number of unbranched alkanes of at least 4 members (excludes halogenated alkanes) is 1. The van der Waals surface area contributed by atoms with E-state index in [1.54, 1.807) is 11.0 Å². The topological polar surface area (TPSA) is 49.4 Å². The SMILES string of the molecule is CCCCNC(=O)[C@@H]1CN(C(=O)C(C)C)C[C@@H]1c1cccc(F)c1. The van der Waals surface area contributed by atoms with Crippen LogP contribution >= 0.6 is 0 Å². The highest BCUT2D eigenvalue weighted by molar-refractivity contribution is 5.84. The number of carbonyl (C=O) groups is 2. The van der Waals surface area contributed by atoms with Crippen LogP contribution in [0.5, 0.6) is 0 Å². The average molecular weight is 334 g/mol. The highest BCUT2D eigenvalue weighted by Gasteiger charge is 2.40. The van der Waals surface area contributed by atoms with Gasteiger partial charge >= 0.3 is 0 Å². The normalized spacial score (nSPS) is 20.5. The van der Waals surface area contributed by atoms with E-state index < -0.39 is 0 Å². The fraction of sp³-hybridized carbons (Fsp3) is 0.579. The summed E-state index contributed by atoms with van der Waals surface area (Å²) < 4.78 is 13.6. The summed E-state index contributed by atoms with van der Waals surface area (Å²) in [7, 11) is 0. The van der Waals surface area contributed by atoms with Gasteiger partial charge in [0.05, 0.1) is 5.92 Å². The standard InChI is InChI=1S/C19H27FN2O2/c1-4-5-9-21-18(23)17-12-22(19(24)13(2)3)11-16(17)14-7-6-8-15(20)10-14/h6-8,10,13,16-17H,4-5,9,11-12H2,1-3H3,(H,21,23)/t16-,17-/m1/s1. The lowest BCUT2D eigenvalue weighted by Crippen LogP contribution is -2.36. The molecule has 4 nitrogen and oxygen atoms in total. The molecule has 0 radical (unpaired) electrons. The summed E-state index contributed by atoms with van der Waals surface area (Å²) >= 11 is 0. The van der Waals surface area contributed by atoms with Crippen LogP contribution in [0.4, 0.5) is 4.39 Å². The van der Waals surface area contributed by atoms with E-state index in [2.05, 4.69) is 12.2 Å². The second kappa shape index (κ2) is 8.27. The van der Waals surface area contributed by atoms with Crippen molar-refractivity contribution < 1.29 is 14.0 Å². The van der Waals surface area contributed by atoms with Crippen molar-refractivity contribution in [1.29, 1.82) is 0 Å². The van der Waals surface area contributed by atoms with Gasteiger partial charge in [0.2, 0.25) is 11.8 Å². The fourth-order valence-corrected chi connectivity index (χ4v) is 3.21. The highest BCUT2D eigenvalue weighted by atomic mass is 19.1. The Morgan fingerprint density at radius 2 is 2.08 bits per heavy atom. The predicted octanol–water partition coefficient (Wildman–Crippen LogP) is 2.94. The molecule has 0 saturated carbocycles. The average Bonchev–Trinajstić information content (AvgIpc) is 2.99. The summed E-state index contributed by atoms with van der Waals surface area (Å²) in [6.07, 6.45) is 1.94. The number of halogens is 1. The molecule has 1 saturated heterocycles. The molecule has 2 rings (SSSR count). The summed E-state index contributed by atoms with van der Waals surface area (Å²) in [5.74, 6) is -0.917. The van der Waals surface area contributed by atoms with Crippen LogP contribution in [0, 0.1) is 17.7 Å². The van der Waals surface area contributed by atoms with Crippen molar-refractivity contribution in [1.82, 2.24) is 10.2 Å². The van der Waals surface area contributed by atoms with E-state index >= 15 is 0 Å². The summed E-state index contributed by atoms with van der Waals surface area (Å²) in [5.41, 5.74) is 0.782. The van der Waals surface area contributed by atoms with Crippen molar-refractivity contribution in [3.8, 4) is 0 Å². The molecule has 0 spiro atoms. The first-order valence-corrected chi connectivity index (χ1v) is 8.76. The maximum atomic E-state index is 13.6. The summed E-state index contributed by atoms with van der Waals surface area (Å²) in [5, 5.41) is 2.96. The van der Waals surface area contributed by atoms with Crippen LogP contribution in [0.3, 0.4) is 0 Å². The molecule has 0 aromatic heterocycles. The molecule has 1 aliphatic rings. The number of likely N-dealkylation sites (tertiary alicyclic amines) is 1. The molecule has 1 N–H and O–H groups in total. The van der Waals surface area contributed by atoms with Crippen molar-refractivity contribution >= 4 is 11.8 Å². The van der Waals surface area contributed by atoms with Gasteiger partial charge < -0.3 is 10.2 Å². The third kappa shape index (κ3) is 4.34. The largest absolute Gasteiger partial charge is 0.356 e. The molecular formula is C19H27FN2O2. The molecule has 132 valence electrons. The summed E-state index contributed by atoms with van der Waals surface area (Å²) in [4.78, 5) is 26.7. The first-order chi connectivity index (χ1) is 11.4. The maximum absolute atomic E-state index is 13.6. The molecule has 0 aliphatic carbocycles. The Bertz CT molecular complexity index is 588. The molecule has 1 aliphatic heterocycles. The molecule has 0 unspecified atom stereocenters.